The van der Waals surface area contributed by atoms with Gasteiger partial charge in [0.25, 0.3) is 5.91 Å². The summed E-state index contributed by atoms with van der Waals surface area (Å²) in [5.41, 5.74) is 1.63. The molecule has 0 N–H and O–H groups in total. The lowest BCUT2D eigenvalue weighted by atomic mass is 10.1. The van der Waals surface area contributed by atoms with Gasteiger partial charge in [-0.05, 0) is 48.7 Å². The number of halogens is 1. The second-order valence-electron chi connectivity index (χ2n) is 6.81. The minimum atomic E-state index is -3.16. The molecule has 27 heavy (non-hydrogen) atoms. The van der Waals surface area contributed by atoms with Gasteiger partial charge in [0.2, 0.25) is 0 Å². The van der Waals surface area contributed by atoms with Crippen LogP contribution in [0, 0.1) is 12.7 Å². The van der Waals surface area contributed by atoms with Gasteiger partial charge in [-0.1, -0.05) is 24.3 Å². The smallest absolute Gasteiger partial charge is 0.261 e. The van der Waals surface area contributed by atoms with Crippen LogP contribution in [-0.2, 0) is 21.2 Å². The summed E-state index contributed by atoms with van der Waals surface area (Å²) in [6.45, 7) is 1.87. The summed E-state index contributed by atoms with van der Waals surface area (Å²) in [6, 6.07) is 12.9. The molecule has 1 amide bonds. The van der Waals surface area contributed by atoms with Gasteiger partial charge in [0.1, 0.15) is 11.6 Å². The maximum atomic E-state index is 13.5. The lowest BCUT2D eigenvalue weighted by molar-refractivity contribution is -0.136. The van der Waals surface area contributed by atoms with E-state index in [4.69, 9.17) is 4.74 Å². The number of hydrogen-bond donors (Lipinski definition) is 0. The fourth-order valence-corrected chi connectivity index (χ4v) is 4.94. The fraction of sp³-hybridized carbons (Fsp3) is 0.350. The Kier molecular flexibility index (Phi) is 5.79. The lowest BCUT2D eigenvalue weighted by Crippen LogP contribution is -2.43. The molecule has 0 aromatic heterocycles. The van der Waals surface area contributed by atoms with Crippen LogP contribution in [0.1, 0.15) is 17.5 Å². The fourth-order valence-electron chi connectivity index (χ4n) is 3.21. The molecule has 1 fully saturated rings. The van der Waals surface area contributed by atoms with E-state index in [1.54, 1.807) is 18.2 Å². The summed E-state index contributed by atoms with van der Waals surface area (Å²) in [5.74, 6) is -0.145. The summed E-state index contributed by atoms with van der Waals surface area (Å²) in [5, 5.41) is 0. The van der Waals surface area contributed by atoms with E-state index in [-0.39, 0.29) is 30.6 Å². The third kappa shape index (κ3) is 5.29. The second kappa shape index (κ2) is 8.08. The maximum Gasteiger partial charge on any atom is 0.261 e. The molecule has 2 aromatic carbocycles. The number of ether oxygens (including phenoxy) is 1. The quantitative estimate of drug-likeness (QED) is 0.760. The molecule has 144 valence electrons. The van der Waals surface area contributed by atoms with E-state index < -0.39 is 21.7 Å². The molecular formula is C20H22FNO4S. The standard InChI is InChI=1S/C20H22FNO4S/c1-15-4-2-7-19(10-15)26-13-20(23)22(18-8-9-27(24,25)14-18)12-16-5-3-6-17(21)11-16/h2-7,10-11,18H,8-9,12-14H2,1H3/t18-/m0/s1. The first-order valence-corrected chi connectivity index (χ1v) is 10.6. The van der Waals surface area contributed by atoms with Crippen LogP contribution in [0.2, 0.25) is 0 Å². The molecule has 0 aliphatic carbocycles. The molecule has 0 radical (unpaired) electrons. The van der Waals surface area contributed by atoms with Gasteiger partial charge in [0.05, 0.1) is 11.5 Å². The summed E-state index contributed by atoms with van der Waals surface area (Å²) in [4.78, 5) is 14.3. The van der Waals surface area contributed by atoms with Crippen molar-refractivity contribution in [3.05, 3.63) is 65.5 Å². The average molecular weight is 391 g/mol. The molecule has 1 heterocycles. The van der Waals surface area contributed by atoms with Crippen molar-refractivity contribution in [2.75, 3.05) is 18.1 Å². The molecule has 0 bridgehead atoms. The van der Waals surface area contributed by atoms with Gasteiger partial charge >= 0.3 is 0 Å². The normalized spacial score (nSPS) is 18.2. The molecule has 1 aliphatic heterocycles. The molecule has 7 heteroatoms. The van der Waals surface area contributed by atoms with Crippen molar-refractivity contribution < 1.29 is 22.3 Å². The Hall–Kier alpha value is -2.41. The van der Waals surface area contributed by atoms with E-state index in [2.05, 4.69) is 0 Å². The van der Waals surface area contributed by atoms with E-state index >= 15 is 0 Å². The van der Waals surface area contributed by atoms with Crippen LogP contribution in [0.4, 0.5) is 4.39 Å². The molecule has 0 spiro atoms. The van der Waals surface area contributed by atoms with Crippen molar-refractivity contribution >= 4 is 15.7 Å². The van der Waals surface area contributed by atoms with Gasteiger partial charge in [-0.15, -0.1) is 0 Å². The Morgan fingerprint density at radius 2 is 2.00 bits per heavy atom. The van der Waals surface area contributed by atoms with E-state index in [0.29, 0.717) is 17.7 Å². The number of amides is 1. The van der Waals surface area contributed by atoms with Gasteiger partial charge in [0.15, 0.2) is 16.4 Å². The van der Waals surface area contributed by atoms with Gasteiger partial charge in [-0.3, -0.25) is 4.79 Å². The Bertz CT molecular complexity index is 929. The highest BCUT2D eigenvalue weighted by Gasteiger charge is 2.34. The van der Waals surface area contributed by atoms with E-state index in [9.17, 15) is 17.6 Å². The number of carbonyl (C=O) groups excluding carboxylic acids is 1. The Morgan fingerprint density at radius 3 is 2.67 bits per heavy atom. The van der Waals surface area contributed by atoms with Gasteiger partial charge in [0, 0.05) is 12.6 Å². The number of carbonyl (C=O) groups is 1. The van der Waals surface area contributed by atoms with E-state index in [1.807, 2.05) is 25.1 Å². The summed E-state index contributed by atoms with van der Waals surface area (Å²) < 4.78 is 42.8. The monoisotopic (exact) mass is 391 g/mol. The molecule has 0 saturated carbocycles. The first kappa shape index (κ1) is 19.4. The molecule has 5 nitrogen and oxygen atoms in total. The first-order valence-electron chi connectivity index (χ1n) is 8.76. The summed E-state index contributed by atoms with van der Waals surface area (Å²) in [7, 11) is -3.16. The minimum absolute atomic E-state index is 0.0589. The zero-order chi connectivity index (χ0) is 19.4. The Balaban J connectivity index is 1.75. The van der Waals surface area contributed by atoms with Crippen LogP contribution >= 0.6 is 0 Å². The van der Waals surface area contributed by atoms with Crippen molar-refractivity contribution in [3.63, 3.8) is 0 Å². The van der Waals surface area contributed by atoms with Crippen molar-refractivity contribution in [1.29, 1.82) is 0 Å². The van der Waals surface area contributed by atoms with E-state index in [1.165, 1.54) is 17.0 Å². The molecule has 1 saturated heterocycles. The predicted molar refractivity (Wildman–Crippen MR) is 101 cm³/mol. The van der Waals surface area contributed by atoms with Gasteiger partial charge < -0.3 is 9.64 Å². The van der Waals surface area contributed by atoms with Crippen molar-refractivity contribution in [3.8, 4) is 5.75 Å². The third-order valence-electron chi connectivity index (χ3n) is 4.56. The van der Waals surface area contributed by atoms with Crippen LogP contribution < -0.4 is 4.74 Å². The van der Waals surface area contributed by atoms with Gasteiger partial charge in [-0.25, -0.2) is 12.8 Å². The number of rotatable bonds is 6. The molecule has 3 rings (SSSR count). The third-order valence-corrected chi connectivity index (χ3v) is 6.31. The SMILES string of the molecule is Cc1cccc(OCC(=O)N(Cc2cccc(F)c2)[C@H]2CCS(=O)(=O)C2)c1. The average Bonchev–Trinajstić information content (AvgIpc) is 2.97. The minimum Gasteiger partial charge on any atom is -0.484 e. The number of hydrogen-bond acceptors (Lipinski definition) is 4. The topological polar surface area (TPSA) is 63.7 Å². The molecular weight excluding hydrogens is 369 g/mol. The first-order chi connectivity index (χ1) is 12.8. The highest BCUT2D eigenvalue weighted by atomic mass is 32.2. The molecule has 1 aliphatic rings. The molecule has 0 unspecified atom stereocenters. The van der Waals surface area contributed by atoms with Crippen molar-refractivity contribution in [2.24, 2.45) is 0 Å². The number of sulfone groups is 1. The predicted octanol–water partition coefficient (Wildman–Crippen LogP) is 2.73. The highest BCUT2D eigenvalue weighted by Crippen LogP contribution is 2.21. The zero-order valence-electron chi connectivity index (χ0n) is 15.1. The van der Waals surface area contributed by atoms with Crippen LogP contribution in [0.25, 0.3) is 0 Å². The number of aryl methyl sites for hydroxylation is 1. The Morgan fingerprint density at radius 1 is 1.22 bits per heavy atom. The molecule has 1 atom stereocenters. The zero-order valence-corrected chi connectivity index (χ0v) is 15.9. The van der Waals surface area contributed by atoms with Gasteiger partial charge in [-0.2, -0.15) is 0 Å². The highest BCUT2D eigenvalue weighted by molar-refractivity contribution is 7.91. The van der Waals surface area contributed by atoms with Crippen LogP contribution in [0.3, 0.4) is 0 Å². The van der Waals surface area contributed by atoms with Crippen LogP contribution in [-0.4, -0.2) is 43.4 Å². The Labute approximate surface area is 158 Å². The number of benzene rings is 2. The van der Waals surface area contributed by atoms with Crippen LogP contribution in [0.5, 0.6) is 5.75 Å². The van der Waals surface area contributed by atoms with E-state index in [0.717, 1.165) is 5.56 Å². The summed E-state index contributed by atoms with van der Waals surface area (Å²) in [6.07, 6.45) is 0.383. The molecule has 2 aromatic rings. The number of nitrogens with zero attached hydrogens (tertiary/aromatic N) is 1. The lowest BCUT2D eigenvalue weighted by Gasteiger charge is -2.28. The maximum absolute atomic E-state index is 13.5. The summed E-state index contributed by atoms with van der Waals surface area (Å²) >= 11 is 0. The van der Waals surface area contributed by atoms with Crippen LogP contribution in [0.15, 0.2) is 48.5 Å². The second-order valence-corrected chi connectivity index (χ2v) is 9.04. The van der Waals surface area contributed by atoms with Crippen molar-refractivity contribution in [1.82, 2.24) is 4.90 Å². The van der Waals surface area contributed by atoms with Crippen molar-refractivity contribution in [2.45, 2.75) is 25.9 Å². The largest absolute Gasteiger partial charge is 0.484 e.